The second-order valence-corrected chi connectivity index (χ2v) is 10.4. The minimum absolute atomic E-state index is 0.0498. The van der Waals surface area contributed by atoms with E-state index in [1.54, 1.807) is 24.4 Å². The second-order valence-electron chi connectivity index (χ2n) is 7.38. The van der Waals surface area contributed by atoms with Gasteiger partial charge in [-0.05, 0) is 36.4 Å². The fourth-order valence-electron chi connectivity index (χ4n) is 3.50. The molecule has 2 aromatic carbocycles. The lowest BCUT2D eigenvalue weighted by molar-refractivity contribution is 0.0949. The molecule has 170 valence electrons. The molecule has 9 nitrogen and oxygen atoms in total. The van der Waals surface area contributed by atoms with Crippen LogP contribution in [0.5, 0.6) is 5.88 Å². The van der Waals surface area contributed by atoms with Gasteiger partial charge in [0, 0.05) is 34.5 Å². The zero-order chi connectivity index (χ0) is 23.9. The van der Waals surface area contributed by atoms with E-state index in [9.17, 15) is 23.1 Å². The van der Waals surface area contributed by atoms with Gasteiger partial charge in [-0.25, -0.2) is 18.4 Å². The molecule has 0 atom stereocenters. The van der Waals surface area contributed by atoms with Crippen molar-refractivity contribution in [1.29, 1.82) is 0 Å². The number of nitrogens with zero attached hydrogens (tertiary/aromatic N) is 2. The van der Waals surface area contributed by atoms with Crippen molar-refractivity contribution in [3.05, 3.63) is 83.0 Å². The van der Waals surface area contributed by atoms with Crippen LogP contribution in [0.1, 0.15) is 25.6 Å². The fraction of sp³-hybridized carbons (Fsp3) is 0.0435. The van der Waals surface area contributed by atoms with Crippen LogP contribution in [0.4, 0.5) is 5.69 Å². The van der Waals surface area contributed by atoms with Crippen molar-refractivity contribution in [2.45, 2.75) is 16.3 Å². The Kier molecular flexibility index (Phi) is 5.34. The molecule has 11 heteroatoms. The first-order valence-corrected chi connectivity index (χ1v) is 12.3. The molecule has 0 saturated heterocycles. The topological polar surface area (TPSA) is 138 Å². The van der Waals surface area contributed by atoms with E-state index in [4.69, 9.17) is 0 Å². The minimum atomic E-state index is -3.94. The summed E-state index contributed by atoms with van der Waals surface area (Å²) in [6.45, 7) is 0.204. The molecule has 2 amide bonds. The Bertz CT molecular complexity index is 1550. The summed E-state index contributed by atoms with van der Waals surface area (Å²) in [7, 11) is -3.94. The van der Waals surface area contributed by atoms with Gasteiger partial charge in [0.15, 0.2) is 0 Å². The SMILES string of the molecule is O=C(NCc1cnc(-c2ccc(O)nc2)s1)c1ccc2c(c1)NC(=O)c1ccccc1S2(=O)=O. The van der Waals surface area contributed by atoms with Crippen molar-refractivity contribution in [2.75, 3.05) is 5.32 Å². The van der Waals surface area contributed by atoms with Gasteiger partial charge in [-0.3, -0.25) is 9.59 Å². The molecular weight excluding hydrogens is 476 g/mol. The molecular formula is C23H16N4O5S2. The summed E-state index contributed by atoms with van der Waals surface area (Å²) in [5, 5.41) is 15.4. The van der Waals surface area contributed by atoms with Crippen LogP contribution in [0, 0.1) is 0 Å². The lowest BCUT2D eigenvalue weighted by atomic mass is 10.1. The van der Waals surface area contributed by atoms with Gasteiger partial charge in [-0.2, -0.15) is 0 Å². The number of aromatic nitrogens is 2. The first-order valence-electron chi connectivity index (χ1n) is 10.0. The number of hydrogen-bond donors (Lipinski definition) is 3. The highest BCUT2D eigenvalue weighted by Gasteiger charge is 2.31. The quantitative estimate of drug-likeness (QED) is 0.397. The number of sulfone groups is 1. The van der Waals surface area contributed by atoms with Gasteiger partial charge < -0.3 is 15.7 Å². The molecule has 4 aromatic rings. The molecule has 0 radical (unpaired) electrons. The molecule has 0 aliphatic carbocycles. The molecule has 1 aliphatic heterocycles. The van der Waals surface area contributed by atoms with Gasteiger partial charge in [-0.15, -0.1) is 11.3 Å². The lowest BCUT2D eigenvalue weighted by Crippen LogP contribution is -2.22. The zero-order valence-electron chi connectivity index (χ0n) is 17.3. The Morgan fingerprint density at radius 3 is 2.65 bits per heavy atom. The highest BCUT2D eigenvalue weighted by molar-refractivity contribution is 7.91. The standard InChI is InChI=1S/C23H16N4O5S2/c28-20-8-6-14(10-24-20)23-26-12-15(33-23)11-25-21(29)13-5-7-19-17(9-13)27-22(30)16-3-1-2-4-18(16)34(19,31)32/h1-10,12H,11H2,(H,24,28)(H,25,29)(H,27,30). The minimum Gasteiger partial charge on any atom is -0.493 e. The first kappa shape index (κ1) is 21.7. The van der Waals surface area contributed by atoms with E-state index in [1.807, 2.05) is 0 Å². The number of aromatic hydroxyl groups is 1. The summed E-state index contributed by atoms with van der Waals surface area (Å²) in [5.41, 5.74) is 1.04. The predicted octanol–water partition coefficient (Wildman–Crippen LogP) is 3.24. The number of anilines is 1. The number of pyridine rings is 1. The van der Waals surface area contributed by atoms with E-state index in [1.165, 1.54) is 53.9 Å². The Labute approximate surface area is 198 Å². The van der Waals surface area contributed by atoms with Crippen molar-refractivity contribution in [3.63, 3.8) is 0 Å². The molecule has 2 aromatic heterocycles. The third-order valence-corrected chi connectivity index (χ3v) is 8.09. The molecule has 0 spiro atoms. The van der Waals surface area contributed by atoms with Crippen LogP contribution in [0.3, 0.4) is 0 Å². The number of carbonyl (C=O) groups excluding carboxylic acids is 2. The van der Waals surface area contributed by atoms with E-state index >= 15 is 0 Å². The molecule has 3 heterocycles. The van der Waals surface area contributed by atoms with Crippen molar-refractivity contribution in [1.82, 2.24) is 15.3 Å². The third kappa shape index (κ3) is 3.91. The van der Waals surface area contributed by atoms with Gasteiger partial charge in [0.2, 0.25) is 15.7 Å². The second kappa shape index (κ2) is 8.36. The maximum atomic E-state index is 13.1. The average molecular weight is 493 g/mol. The third-order valence-electron chi connectivity index (χ3n) is 5.17. The Hall–Kier alpha value is -4.09. The normalized spacial score (nSPS) is 13.8. The van der Waals surface area contributed by atoms with E-state index in [2.05, 4.69) is 20.6 Å². The van der Waals surface area contributed by atoms with Crippen molar-refractivity contribution < 1.29 is 23.1 Å². The molecule has 0 saturated carbocycles. The van der Waals surface area contributed by atoms with E-state index in [-0.39, 0.29) is 39.0 Å². The van der Waals surface area contributed by atoms with Crippen molar-refractivity contribution in [2.24, 2.45) is 0 Å². The zero-order valence-corrected chi connectivity index (χ0v) is 19.0. The Morgan fingerprint density at radius 1 is 1.03 bits per heavy atom. The first-order chi connectivity index (χ1) is 16.3. The fourth-order valence-corrected chi connectivity index (χ4v) is 5.94. The summed E-state index contributed by atoms with van der Waals surface area (Å²) in [5.74, 6) is -1.07. The van der Waals surface area contributed by atoms with Crippen molar-refractivity contribution >= 4 is 38.7 Å². The smallest absolute Gasteiger partial charge is 0.257 e. The van der Waals surface area contributed by atoms with Gasteiger partial charge in [0.1, 0.15) is 5.01 Å². The molecule has 34 heavy (non-hydrogen) atoms. The van der Waals surface area contributed by atoms with Crippen LogP contribution in [-0.4, -0.2) is 35.3 Å². The predicted molar refractivity (Wildman–Crippen MR) is 124 cm³/mol. The number of amides is 2. The average Bonchev–Trinajstić information content (AvgIpc) is 3.29. The number of fused-ring (bicyclic) bond motifs is 2. The van der Waals surface area contributed by atoms with Crippen LogP contribution >= 0.6 is 11.3 Å². The molecule has 0 bridgehead atoms. The summed E-state index contributed by atoms with van der Waals surface area (Å²) < 4.78 is 26.1. The highest BCUT2D eigenvalue weighted by Crippen LogP contribution is 2.34. The monoisotopic (exact) mass is 492 g/mol. The molecule has 5 rings (SSSR count). The van der Waals surface area contributed by atoms with Crippen LogP contribution in [0.2, 0.25) is 0 Å². The molecule has 3 N–H and O–H groups in total. The lowest BCUT2D eigenvalue weighted by Gasteiger charge is -2.10. The maximum absolute atomic E-state index is 13.1. The van der Waals surface area contributed by atoms with Gasteiger partial charge in [0.05, 0.1) is 27.6 Å². The largest absolute Gasteiger partial charge is 0.493 e. The number of benzene rings is 2. The molecule has 1 aliphatic rings. The summed E-state index contributed by atoms with van der Waals surface area (Å²) in [6, 6.07) is 13.2. The van der Waals surface area contributed by atoms with Crippen LogP contribution < -0.4 is 10.6 Å². The van der Waals surface area contributed by atoms with Crippen LogP contribution in [-0.2, 0) is 16.4 Å². The van der Waals surface area contributed by atoms with Gasteiger partial charge >= 0.3 is 0 Å². The van der Waals surface area contributed by atoms with Gasteiger partial charge in [-0.1, -0.05) is 12.1 Å². The van der Waals surface area contributed by atoms with Gasteiger partial charge in [0.25, 0.3) is 11.8 Å². The Morgan fingerprint density at radius 2 is 1.85 bits per heavy atom. The number of thiazole rings is 1. The summed E-state index contributed by atoms with van der Waals surface area (Å²) in [6.07, 6.45) is 3.14. The maximum Gasteiger partial charge on any atom is 0.257 e. The van der Waals surface area contributed by atoms with Crippen LogP contribution in [0.15, 0.2) is 76.8 Å². The number of hydrogen-bond acceptors (Lipinski definition) is 8. The number of nitrogens with one attached hydrogen (secondary N) is 2. The summed E-state index contributed by atoms with van der Waals surface area (Å²) in [4.78, 5) is 34.1. The van der Waals surface area contributed by atoms with E-state index in [0.717, 1.165) is 10.4 Å². The van der Waals surface area contributed by atoms with E-state index < -0.39 is 21.7 Å². The Balaban J connectivity index is 1.35. The van der Waals surface area contributed by atoms with Crippen molar-refractivity contribution in [3.8, 4) is 16.5 Å². The molecule has 0 unspecified atom stereocenters. The van der Waals surface area contributed by atoms with E-state index in [0.29, 0.717) is 5.01 Å². The number of rotatable bonds is 4. The summed E-state index contributed by atoms with van der Waals surface area (Å²) >= 11 is 1.36. The molecule has 0 fully saturated rings. The highest BCUT2D eigenvalue weighted by atomic mass is 32.2. The van der Waals surface area contributed by atoms with Crippen LogP contribution in [0.25, 0.3) is 10.6 Å². The number of carbonyl (C=O) groups is 2.